The lowest BCUT2D eigenvalue weighted by molar-refractivity contribution is -0.126. The van der Waals surface area contributed by atoms with E-state index in [1.807, 2.05) is 24.3 Å². The maximum atomic E-state index is 12.7. The number of para-hydroxylation sites is 2. The average Bonchev–Trinajstić information content (AvgIpc) is 2.79. The molecule has 1 N–H and O–H groups in total. The summed E-state index contributed by atoms with van der Waals surface area (Å²) >= 11 is 5.86. The lowest BCUT2D eigenvalue weighted by Gasteiger charge is -2.31. The quantitative estimate of drug-likeness (QED) is 0.710. The first kappa shape index (κ1) is 21.9. The average molecular weight is 465 g/mol. The molecule has 2 heterocycles. The first-order valence-electron chi connectivity index (χ1n) is 10.3. The Labute approximate surface area is 187 Å². The van der Waals surface area contributed by atoms with Crippen LogP contribution in [0, 0.1) is 5.92 Å². The third kappa shape index (κ3) is 5.50. The molecular weight excluding hydrogens is 440 g/mol. The molecule has 0 saturated carbocycles. The molecule has 0 spiro atoms. The van der Waals surface area contributed by atoms with Crippen LogP contribution in [0.3, 0.4) is 0 Å². The molecule has 0 aromatic heterocycles. The molecule has 2 aromatic rings. The van der Waals surface area contributed by atoms with Crippen LogP contribution in [0.1, 0.15) is 18.4 Å². The van der Waals surface area contributed by atoms with Crippen molar-refractivity contribution in [2.24, 2.45) is 5.92 Å². The van der Waals surface area contributed by atoms with Crippen LogP contribution in [0.15, 0.2) is 48.5 Å². The summed E-state index contributed by atoms with van der Waals surface area (Å²) in [5, 5.41) is 3.50. The number of nitrogens with one attached hydrogen (secondary N) is 1. The minimum Gasteiger partial charge on any atom is -0.486 e. The zero-order valence-electron chi connectivity index (χ0n) is 17.0. The maximum Gasteiger partial charge on any atom is 0.223 e. The fourth-order valence-corrected chi connectivity index (χ4v) is 5.49. The Balaban J connectivity index is 1.24. The van der Waals surface area contributed by atoms with E-state index in [2.05, 4.69) is 5.32 Å². The summed E-state index contributed by atoms with van der Waals surface area (Å²) in [6.45, 7) is 1.40. The Morgan fingerprint density at radius 1 is 1.06 bits per heavy atom. The van der Waals surface area contributed by atoms with Gasteiger partial charge < -0.3 is 14.8 Å². The smallest absolute Gasteiger partial charge is 0.223 e. The van der Waals surface area contributed by atoms with Gasteiger partial charge in [0.1, 0.15) is 12.7 Å². The molecule has 2 aliphatic heterocycles. The van der Waals surface area contributed by atoms with Crippen LogP contribution in [-0.4, -0.2) is 51.0 Å². The van der Waals surface area contributed by atoms with Gasteiger partial charge in [-0.25, -0.2) is 12.7 Å². The van der Waals surface area contributed by atoms with Gasteiger partial charge in [-0.05, 0) is 42.7 Å². The highest BCUT2D eigenvalue weighted by atomic mass is 35.5. The van der Waals surface area contributed by atoms with E-state index in [0.29, 0.717) is 61.2 Å². The number of benzene rings is 2. The van der Waals surface area contributed by atoms with E-state index in [1.54, 1.807) is 24.3 Å². The Kier molecular flexibility index (Phi) is 6.69. The first-order valence-corrected chi connectivity index (χ1v) is 12.3. The molecule has 7 nitrogen and oxygen atoms in total. The normalized spacial score (nSPS) is 19.7. The van der Waals surface area contributed by atoms with Gasteiger partial charge in [0.05, 0.1) is 12.3 Å². The molecule has 4 rings (SSSR count). The van der Waals surface area contributed by atoms with E-state index in [0.717, 1.165) is 0 Å². The second-order valence-electron chi connectivity index (χ2n) is 7.80. The maximum absolute atomic E-state index is 12.7. The molecule has 0 bridgehead atoms. The van der Waals surface area contributed by atoms with Crippen molar-refractivity contribution >= 4 is 27.5 Å². The van der Waals surface area contributed by atoms with E-state index in [-0.39, 0.29) is 23.7 Å². The number of nitrogens with zero attached hydrogens (tertiary/aromatic N) is 1. The second-order valence-corrected chi connectivity index (χ2v) is 10.2. The monoisotopic (exact) mass is 464 g/mol. The molecule has 166 valence electrons. The fourth-order valence-electron chi connectivity index (χ4n) is 3.80. The van der Waals surface area contributed by atoms with Gasteiger partial charge in [0, 0.05) is 24.0 Å². The van der Waals surface area contributed by atoms with Gasteiger partial charge in [-0.15, -0.1) is 0 Å². The molecule has 0 aliphatic carbocycles. The summed E-state index contributed by atoms with van der Waals surface area (Å²) in [6, 6.07) is 14.2. The minimum atomic E-state index is -3.43. The lowest BCUT2D eigenvalue weighted by atomic mass is 9.97. The number of hydrogen-bond acceptors (Lipinski definition) is 5. The van der Waals surface area contributed by atoms with Gasteiger partial charge >= 0.3 is 0 Å². The number of piperidine rings is 1. The topological polar surface area (TPSA) is 84.9 Å². The number of rotatable bonds is 6. The predicted octanol–water partition coefficient (Wildman–Crippen LogP) is 2.84. The number of fused-ring (bicyclic) bond motifs is 1. The molecule has 2 aliphatic rings. The van der Waals surface area contributed by atoms with Crippen molar-refractivity contribution in [2.75, 3.05) is 26.2 Å². The third-order valence-electron chi connectivity index (χ3n) is 5.55. The Morgan fingerprint density at radius 2 is 1.74 bits per heavy atom. The number of carbonyl (C=O) groups excluding carboxylic acids is 1. The van der Waals surface area contributed by atoms with Gasteiger partial charge in [0.25, 0.3) is 0 Å². The summed E-state index contributed by atoms with van der Waals surface area (Å²) < 4.78 is 38.4. The van der Waals surface area contributed by atoms with Gasteiger partial charge in [-0.3, -0.25) is 4.79 Å². The Bertz CT molecular complexity index is 1020. The lowest BCUT2D eigenvalue weighted by Crippen LogP contribution is -2.46. The summed E-state index contributed by atoms with van der Waals surface area (Å²) in [4.78, 5) is 12.6. The van der Waals surface area contributed by atoms with E-state index < -0.39 is 10.0 Å². The fraction of sp³-hybridized carbons (Fsp3) is 0.409. The molecule has 2 aromatic carbocycles. The van der Waals surface area contributed by atoms with Crippen molar-refractivity contribution in [1.82, 2.24) is 9.62 Å². The van der Waals surface area contributed by atoms with Crippen molar-refractivity contribution in [3.63, 3.8) is 0 Å². The standard InChI is InChI=1S/C22H25ClN2O5S/c23-18-7-5-16(6-8-18)15-31(27,28)25-11-9-17(10-12-25)22(26)24-13-19-14-29-20-3-1-2-4-21(20)30-19/h1-8,17,19H,9-15H2,(H,24,26)/t19-/m0/s1. The molecule has 0 unspecified atom stereocenters. The van der Waals surface area contributed by atoms with Crippen LogP contribution >= 0.6 is 11.6 Å². The summed E-state index contributed by atoms with van der Waals surface area (Å²) in [5.41, 5.74) is 0.695. The zero-order valence-corrected chi connectivity index (χ0v) is 18.6. The number of hydrogen-bond donors (Lipinski definition) is 1. The van der Waals surface area contributed by atoms with Gasteiger partial charge in [-0.2, -0.15) is 0 Å². The molecular formula is C22H25ClN2O5S. The summed E-state index contributed by atoms with van der Waals surface area (Å²) in [5.74, 6) is 1.03. The number of carbonyl (C=O) groups is 1. The summed E-state index contributed by atoms with van der Waals surface area (Å²) in [7, 11) is -3.43. The number of ether oxygens (including phenoxy) is 2. The van der Waals surface area contributed by atoms with Crippen LogP contribution in [0.25, 0.3) is 0 Å². The van der Waals surface area contributed by atoms with Crippen LogP contribution in [0.2, 0.25) is 5.02 Å². The second kappa shape index (κ2) is 9.46. The number of sulfonamides is 1. The van der Waals surface area contributed by atoms with Gasteiger partial charge in [-0.1, -0.05) is 35.9 Å². The van der Waals surface area contributed by atoms with E-state index >= 15 is 0 Å². The van der Waals surface area contributed by atoms with Crippen molar-refractivity contribution in [2.45, 2.75) is 24.7 Å². The van der Waals surface area contributed by atoms with Crippen LogP contribution < -0.4 is 14.8 Å². The highest BCUT2D eigenvalue weighted by Crippen LogP contribution is 2.30. The van der Waals surface area contributed by atoms with Gasteiger partial charge in [0.2, 0.25) is 15.9 Å². The van der Waals surface area contributed by atoms with Gasteiger partial charge in [0.15, 0.2) is 11.5 Å². The van der Waals surface area contributed by atoms with Crippen LogP contribution in [0.5, 0.6) is 11.5 Å². The third-order valence-corrected chi connectivity index (χ3v) is 7.65. The highest BCUT2D eigenvalue weighted by Gasteiger charge is 2.31. The van der Waals surface area contributed by atoms with Crippen molar-refractivity contribution in [3.05, 3.63) is 59.1 Å². The van der Waals surface area contributed by atoms with Crippen molar-refractivity contribution in [3.8, 4) is 11.5 Å². The Hall–Kier alpha value is -2.29. The SMILES string of the molecule is O=C(NC[C@H]1COc2ccccc2O1)C1CCN(S(=O)(=O)Cc2ccc(Cl)cc2)CC1. The molecule has 9 heteroatoms. The highest BCUT2D eigenvalue weighted by molar-refractivity contribution is 7.88. The van der Waals surface area contributed by atoms with Crippen LogP contribution in [-0.2, 0) is 20.6 Å². The molecule has 31 heavy (non-hydrogen) atoms. The largest absolute Gasteiger partial charge is 0.486 e. The predicted molar refractivity (Wildman–Crippen MR) is 118 cm³/mol. The number of halogens is 1. The molecule has 1 fully saturated rings. The molecule has 1 saturated heterocycles. The minimum absolute atomic E-state index is 0.0679. The first-order chi connectivity index (χ1) is 14.9. The Morgan fingerprint density at radius 3 is 2.45 bits per heavy atom. The van der Waals surface area contributed by atoms with E-state index in [1.165, 1.54) is 4.31 Å². The van der Waals surface area contributed by atoms with E-state index in [9.17, 15) is 13.2 Å². The molecule has 1 amide bonds. The molecule has 0 radical (unpaired) electrons. The van der Waals surface area contributed by atoms with Crippen molar-refractivity contribution in [1.29, 1.82) is 0 Å². The van der Waals surface area contributed by atoms with E-state index in [4.69, 9.17) is 21.1 Å². The molecule has 1 atom stereocenters. The number of amides is 1. The summed E-state index contributed by atoms with van der Waals surface area (Å²) in [6.07, 6.45) is 0.742. The zero-order chi connectivity index (χ0) is 21.8. The van der Waals surface area contributed by atoms with Crippen LogP contribution in [0.4, 0.5) is 0 Å². The van der Waals surface area contributed by atoms with Crippen molar-refractivity contribution < 1.29 is 22.7 Å².